The van der Waals surface area contributed by atoms with E-state index in [2.05, 4.69) is 0 Å². The van der Waals surface area contributed by atoms with Gasteiger partial charge in [0.05, 0.1) is 22.3 Å². The summed E-state index contributed by atoms with van der Waals surface area (Å²) in [6, 6.07) is 0. The molecule has 0 aromatic heterocycles. The molecule has 0 aliphatic heterocycles. The Balaban J connectivity index is 3.03. The van der Waals surface area contributed by atoms with E-state index in [-0.39, 0.29) is 0 Å². The van der Waals surface area contributed by atoms with E-state index in [1.54, 1.807) is 0 Å². The van der Waals surface area contributed by atoms with E-state index >= 15 is 0 Å². The van der Waals surface area contributed by atoms with Crippen molar-refractivity contribution >= 4 is 0 Å². The van der Waals surface area contributed by atoms with Crippen LogP contribution in [0.25, 0.3) is 0 Å². The standard InChI is InChI=1S/C16F24/c17-9(18,19)1-2(10(20,21)22)6(14(32,33)34)5(1,13(29,30)31)7(15(35,36)37)3(11(23,24)25)4(12(26,27)28)8(6,7)16(38,39)40. The van der Waals surface area contributed by atoms with E-state index in [9.17, 15) is 105 Å². The summed E-state index contributed by atoms with van der Waals surface area (Å²) in [6.45, 7) is 0. The number of allylic oxidation sites excluding steroid dienone is 4. The lowest BCUT2D eigenvalue weighted by molar-refractivity contribution is -0.580. The van der Waals surface area contributed by atoms with Crippen molar-refractivity contribution in [1.29, 1.82) is 0 Å². The van der Waals surface area contributed by atoms with Crippen molar-refractivity contribution in [2.45, 2.75) is 49.4 Å². The van der Waals surface area contributed by atoms with Gasteiger partial charge in [0.15, 0.2) is 0 Å². The fourth-order valence-electron chi connectivity index (χ4n) is 6.87. The molecule has 0 bridgehead atoms. The van der Waals surface area contributed by atoms with E-state index in [0.717, 1.165) is 0 Å². The summed E-state index contributed by atoms with van der Waals surface area (Å²) in [6.07, 6.45) is -65.3. The van der Waals surface area contributed by atoms with Crippen molar-refractivity contribution in [1.82, 2.24) is 0 Å². The maximum atomic E-state index is 14.1. The van der Waals surface area contributed by atoms with Crippen molar-refractivity contribution in [2.24, 2.45) is 21.7 Å². The highest BCUT2D eigenvalue weighted by molar-refractivity contribution is 5.77. The van der Waals surface area contributed by atoms with Gasteiger partial charge in [0.1, 0.15) is 21.7 Å². The SMILES string of the molecule is FC(F)(F)C1=C(C(F)(F)F)C2(C(F)(F)F)C1(C(F)(F)F)C1(C(F)(F)F)C(C(F)(F)F)=C(C(F)(F)F)C21C(F)(F)F. The van der Waals surface area contributed by atoms with Gasteiger partial charge in [-0.05, 0) is 0 Å². The van der Waals surface area contributed by atoms with Crippen LogP contribution in [0.5, 0.6) is 0 Å². The fraction of sp³-hybridized carbons (Fsp3) is 0.750. The van der Waals surface area contributed by atoms with Gasteiger partial charge in [-0.1, -0.05) is 0 Å². The summed E-state index contributed by atoms with van der Waals surface area (Å²) >= 11 is 0. The maximum absolute atomic E-state index is 14.1. The van der Waals surface area contributed by atoms with E-state index < -0.39 is 93.4 Å². The highest BCUT2D eigenvalue weighted by Crippen LogP contribution is 3.07. The number of hydrogen-bond acceptors (Lipinski definition) is 0. The number of fused-ring (bicyclic) bond motifs is 4. The third-order valence-electron chi connectivity index (χ3n) is 7.08. The summed E-state index contributed by atoms with van der Waals surface area (Å²) in [4.78, 5) is 0. The molecule has 0 atom stereocenters. The van der Waals surface area contributed by atoms with Crippen molar-refractivity contribution in [3.8, 4) is 0 Å². The van der Waals surface area contributed by atoms with Crippen molar-refractivity contribution in [3.05, 3.63) is 22.3 Å². The second-order valence-electron chi connectivity index (χ2n) is 8.48. The molecule has 0 radical (unpaired) electrons. The van der Waals surface area contributed by atoms with Crippen LogP contribution in [-0.2, 0) is 0 Å². The van der Waals surface area contributed by atoms with Crippen LogP contribution in [-0.4, -0.2) is 49.4 Å². The molecule has 3 rings (SSSR count). The molecule has 232 valence electrons. The summed E-state index contributed by atoms with van der Waals surface area (Å²) in [5, 5.41) is 0. The van der Waals surface area contributed by atoms with Crippen LogP contribution in [0.2, 0.25) is 0 Å². The molecule has 3 aliphatic rings. The molecule has 0 spiro atoms. The first-order chi connectivity index (χ1) is 17.0. The van der Waals surface area contributed by atoms with Gasteiger partial charge in [-0.25, -0.2) is 0 Å². The first-order valence-corrected chi connectivity index (χ1v) is 9.04. The van der Waals surface area contributed by atoms with E-state index in [1.807, 2.05) is 0 Å². The Labute approximate surface area is 200 Å². The largest absolute Gasteiger partial charge is 0.413 e. The Hall–Kier alpha value is -2.20. The second-order valence-corrected chi connectivity index (χ2v) is 8.48. The Kier molecular flexibility index (Phi) is 5.69. The van der Waals surface area contributed by atoms with Crippen LogP contribution in [0.3, 0.4) is 0 Å². The molecule has 0 amide bonds. The molecule has 24 heteroatoms. The maximum Gasteiger partial charge on any atom is 0.413 e. The molecule has 40 heavy (non-hydrogen) atoms. The van der Waals surface area contributed by atoms with Gasteiger partial charge in [-0.2, -0.15) is 105 Å². The van der Waals surface area contributed by atoms with Crippen LogP contribution in [0.1, 0.15) is 0 Å². The lowest BCUT2D eigenvalue weighted by Gasteiger charge is -2.88. The lowest BCUT2D eigenvalue weighted by atomic mass is 9.09. The van der Waals surface area contributed by atoms with Crippen LogP contribution in [0.15, 0.2) is 22.3 Å². The molecule has 0 nitrogen and oxygen atoms in total. The first kappa shape index (κ1) is 32.3. The molecule has 3 aliphatic carbocycles. The molecule has 0 unspecified atom stereocenters. The normalized spacial score (nSPS) is 34.2. The fourth-order valence-corrected chi connectivity index (χ4v) is 6.87. The minimum Gasteiger partial charge on any atom is -0.170 e. The van der Waals surface area contributed by atoms with Gasteiger partial charge in [-0.3, -0.25) is 0 Å². The predicted octanol–water partition coefficient (Wildman–Crippen LogP) is 9.06. The van der Waals surface area contributed by atoms with E-state index in [1.165, 1.54) is 0 Å². The molecular weight excluding hydrogens is 648 g/mol. The average molecular weight is 648 g/mol. The molecule has 0 aromatic carbocycles. The van der Waals surface area contributed by atoms with Gasteiger partial charge in [0, 0.05) is 0 Å². The summed E-state index contributed by atoms with van der Waals surface area (Å²) in [7, 11) is 0. The van der Waals surface area contributed by atoms with Gasteiger partial charge < -0.3 is 0 Å². The molecule has 0 aromatic rings. The van der Waals surface area contributed by atoms with Crippen molar-refractivity contribution < 1.29 is 105 Å². The van der Waals surface area contributed by atoms with Gasteiger partial charge >= 0.3 is 49.4 Å². The van der Waals surface area contributed by atoms with Crippen LogP contribution in [0, 0.1) is 21.7 Å². The molecule has 0 saturated heterocycles. The minimum absolute atomic E-state index is 5.27. The summed E-state index contributed by atoms with van der Waals surface area (Å²) in [5.41, 5.74) is -53.1. The van der Waals surface area contributed by atoms with Crippen LogP contribution < -0.4 is 0 Å². The Morgan fingerprint density at radius 3 is 0.375 bits per heavy atom. The Morgan fingerprint density at radius 1 is 0.225 bits per heavy atom. The van der Waals surface area contributed by atoms with Crippen molar-refractivity contribution in [2.75, 3.05) is 0 Å². The average Bonchev–Trinajstić information content (AvgIpc) is 2.49. The molecule has 1 saturated carbocycles. The van der Waals surface area contributed by atoms with E-state index in [0.29, 0.717) is 0 Å². The number of hydrogen-bond donors (Lipinski definition) is 0. The molecule has 0 heterocycles. The Bertz CT molecular complexity index is 977. The smallest absolute Gasteiger partial charge is 0.170 e. The molecule has 1 fully saturated rings. The van der Waals surface area contributed by atoms with Gasteiger partial charge in [0.25, 0.3) is 0 Å². The highest BCUT2D eigenvalue weighted by atomic mass is 19.4. The van der Waals surface area contributed by atoms with Crippen LogP contribution in [0.4, 0.5) is 105 Å². The molecular formula is C16F24. The Morgan fingerprint density at radius 2 is 0.325 bits per heavy atom. The lowest BCUT2D eigenvalue weighted by Crippen LogP contribution is -3.02. The van der Waals surface area contributed by atoms with Crippen molar-refractivity contribution in [3.63, 3.8) is 0 Å². The number of halogens is 24. The van der Waals surface area contributed by atoms with Crippen LogP contribution >= 0.6 is 0 Å². The highest BCUT2D eigenvalue weighted by Gasteiger charge is 3.21. The zero-order valence-electron chi connectivity index (χ0n) is 17.1. The third-order valence-corrected chi connectivity index (χ3v) is 7.08. The second kappa shape index (κ2) is 7.05. The van der Waals surface area contributed by atoms with Gasteiger partial charge in [0.2, 0.25) is 0 Å². The number of rotatable bonds is 0. The summed E-state index contributed by atoms with van der Waals surface area (Å²) in [5.74, 6) is 0. The minimum atomic E-state index is -8.46. The summed E-state index contributed by atoms with van der Waals surface area (Å²) < 4.78 is 332. The van der Waals surface area contributed by atoms with Gasteiger partial charge in [-0.15, -0.1) is 0 Å². The zero-order chi connectivity index (χ0) is 32.3. The predicted molar refractivity (Wildman–Crippen MR) is 72.2 cm³/mol. The number of alkyl halides is 24. The van der Waals surface area contributed by atoms with E-state index in [4.69, 9.17) is 0 Å². The third kappa shape index (κ3) is 2.74. The zero-order valence-corrected chi connectivity index (χ0v) is 17.1. The topological polar surface area (TPSA) is 0 Å². The monoisotopic (exact) mass is 648 g/mol. The quantitative estimate of drug-likeness (QED) is 0.182. The molecule has 0 N–H and O–H groups in total. The first-order valence-electron chi connectivity index (χ1n) is 9.04.